The maximum Gasteiger partial charge on any atom is 2.00 e. The summed E-state index contributed by atoms with van der Waals surface area (Å²) in [5.74, 6) is 0. The van der Waals surface area contributed by atoms with E-state index in [1.165, 1.54) is 129 Å². The molecule has 102 heavy (non-hydrogen) atoms. The molecule has 0 aliphatic rings. The Morgan fingerprint density at radius 1 is 0.176 bits per heavy atom. The summed E-state index contributed by atoms with van der Waals surface area (Å²) in [6.45, 7) is 0. The summed E-state index contributed by atoms with van der Waals surface area (Å²) in [5, 5.41) is 29.4. The zero-order valence-corrected chi connectivity index (χ0v) is 66.8. The van der Waals surface area contributed by atoms with Gasteiger partial charge in [-0.2, -0.15) is 0 Å². The second-order valence-corrected chi connectivity index (χ2v) is 32.0. The normalized spacial score (nSPS) is 10.5. The Bertz CT molecular complexity index is 4400. The Kier molecular flexibility index (Phi) is 32.5. The van der Waals surface area contributed by atoms with Crippen molar-refractivity contribution in [1.29, 1.82) is 0 Å². The van der Waals surface area contributed by atoms with Gasteiger partial charge in [-0.1, -0.05) is 388 Å². The van der Waals surface area contributed by atoms with Crippen LogP contribution in [-0.4, -0.2) is 14.1 Å². The fourth-order valence-corrected chi connectivity index (χ4v) is 23.1. The third kappa shape index (κ3) is 18.0. The van der Waals surface area contributed by atoms with E-state index < -0.39 is 31.7 Å². The van der Waals surface area contributed by atoms with Gasteiger partial charge in [0.2, 0.25) is 0 Å². The molecule has 12 heteroatoms. The second-order valence-electron chi connectivity index (χ2n) is 23.2. The average molecular weight is 1670 g/mol. The van der Waals surface area contributed by atoms with Gasteiger partial charge >= 0.3 is 39.0 Å². The predicted molar refractivity (Wildman–Crippen MR) is 431 cm³/mol. The summed E-state index contributed by atoms with van der Waals surface area (Å²) in [6, 6.07) is 144. The van der Waals surface area contributed by atoms with Crippen LogP contribution in [-0.2, 0) is 39.0 Å². The molecule has 0 heterocycles. The van der Waals surface area contributed by atoms with Crippen LogP contribution < -0.4 is 119 Å². The molecule has 0 saturated carbocycles. The van der Waals surface area contributed by atoms with Crippen LogP contribution in [0, 0.1) is 0 Å². The Hall–Kier alpha value is -7.06. The fourth-order valence-electron chi connectivity index (χ4n) is 13.2. The number of hydrogen-bond acceptors (Lipinski definition) is 1. The van der Waals surface area contributed by atoms with E-state index in [1.54, 1.807) is 0 Å². The molecular formula is C90H72Cl5NP4Ru2. The fraction of sp³-hybridized carbons (Fsp3) is 0.0222. The van der Waals surface area contributed by atoms with Gasteiger partial charge in [-0.05, 0) is 175 Å². The zero-order chi connectivity index (χ0) is 64.1. The van der Waals surface area contributed by atoms with Crippen molar-refractivity contribution in [2.45, 2.75) is 0 Å². The van der Waals surface area contributed by atoms with E-state index in [1.807, 2.05) is 14.1 Å². The summed E-state index contributed by atoms with van der Waals surface area (Å²) in [7, 11) is 0.342. The first kappa shape index (κ1) is 82.2. The van der Waals surface area contributed by atoms with E-state index in [9.17, 15) is 0 Å². The van der Waals surface area contributed by atoms with Crippen molar-refractivity contribution in [2.75, 3.05) is 14.1 Å². The molecule has 0 saturated heterocycles. The topological polar surface area (TPSA) is 12.0 Å². The molecular weight excluding hydrogens is 1600 g/mol. The van der Waals surface area contributed by atoms with Crippen molar-refractivity contribution < 1.29 is 88.6 Å². The molecule has 1 nitrogen and oxygen atoms in total. The van der Waals surface area contributed by atoms with Gasteiger partial charge < -0.3 is 54.9 Å². The first-order valence-corrected chi connectivity index (χ1v) is 37.8. The number of hydrogen-bond donors (Lipinski definition) is 1. The molecule has 0 fully saturated rings. The molecule has 0 spiro atoms. The number of halogens is 5. The van der Waals surface area contributed by atoms with Crippen LogP contribution in [0.1, 0.15) is 0 Å². The maximum absolute atomic E-state index is 2.75. The van der Waals surface area contributed by atoms with E-state index in [-0.39, 0.29) is 101 Å². The van der Waals surface area contributed by atoms with E-state index in [2.05, 4.69) is 394 Å². The number of fused-ring (bicyclic) bond motifs is 4. The van der Waals surface area contributed by atoms with Crippen LogP contribution in [0.5, 0.6) is 0 Å². The summed E-state index contributed by atoms with van der Waals surface area (Å²) in [6.07, 6.45) is 0. The standard InChI is InChI=1S/2C44H32P2.C2H7N.5ClH.2Ru/c2*1-5-19-35(20-6-1)45(36-21-7-2-8-22-36)41-31-29-33-17-13-15-27-39(33)43(41)44-40-28-16-14-18-34(40)30-32-42(44)46(37-23-9-3-10-24-37)38-25-11-4-12-26-38;1-3-2;;;;;;;/h2*1-32H;3H,1-2H3;5*1H;;/q;;;;;;;;2*+2/p-4. The van der Waals surface area contributed by atoms with Crippen molar-refractivity contribution in [1.82, 2.24) is 5.32 Å². The molecule has 0 atom stereocenters. The molecule has 0 aliphatic carbocycles. The molecule has 16 aromatic carbocycles. The van der Waals surface area contributed by atoms with Gasteiger partial charge in [0, 0.05) is 0 Å². The first-order valence-electron chi connectivity index (χ1n) is 32.4. The van der Waals surface area contributed by atoms with E-state index in [0.29, 0.717) is 0 Å². The minimum atomic E-state index is -0.852. The SMILES string of the molecule is CNC.Cl.[Cl-].[Cl-].[Cl-].[Cl-].[Ru+2].[Ru+2].c1ccc(P(c2ccccc2)c2ccc3ccccc3c2-c2c(P(c3ccccc3)c3ccccc3)ccc3ccccc23)cc1.c1ccc(P(c2ccccc2)c2ccc3ccccc3c2-c2c(P(c3ccccc3)c3ccccc3)ccc3ccccc23)cc1. The van der Waals surface area contributed by atoms with Gasteiger partial charge in [-0.15, -0.1) is 12.4 Å². The minimum Gasteiger partial charge on any atom is -1.00 e. The van der Waals surface area contributed by atoms with Gasteiger partial charge in [0.1, 0.15) is 0 Å². The molecule has 508 valence electrons. The molecule has 0 unspecified atom stereocenters. The quantitative estimate of drug-likeness (QED) is 0.0955. The van der Waals surface area contributed by atoms with E-state index in [4.69, 9.17) is 0 Å². The average Bonchev–Trinajstić information content (AvgIpc) is 0.735. The molecule has 1 N–H and O–H groups in total. The van der Waals surface area contributed by atoms with Crippen molar-refractivity contribution >= 4 is 151 Å². The Morgan fingerprint density at radius 2 is 0.304 bits per heavy atom. The van der Waals surface area contributed by atoms with Crippen LogP contribution >= 0.6 is 44.1 Å². The summed E-state index contributed by atoms with van der Waals surface area (Å²) >= 11 is 0. The van der Waals surface area contributed by atoms with Gasteiger partial charge in [0.05, 0.1) is 0 Å². The minimum absolute atomic E-state index is 0. The van der Waals surface area contributed by atoms with Gasteiger partial charge in [-0.3, -0.25) is 0 Å². The van der Waals surface area contributed by atoms with Crippen LogP contribution in [0.15, 0.2) is 388 Å². The monoisotopic (exact) mass is 1670 g/mol. The van der Waals surface area contributed by atoms with Crippen LogP contribution in [0.2, 0.25) is 0 Å². The summed E-state index contributed by atoms with van der Waals surface area (Å²) in [5.41, 5.74) is 5.40. The van der Waals surface area contributed by atoms with Crippen molar-refractivity contribution in [3.05, 3.63) is 388 Å². The molecule has 0 aromatic heterocycles. The van der Waals surface area contributed by atoms with Crippen molar-refractivity contribution in [3.63, 3.8) is 0 Å². The first-order chi connectivity index (χ1) is 47.1. The Morgan fingerprint density at radius 3 is 0.451 bits per heavy atom. The van der Waals surface area contributed by atoms with Crippen molar-refractivity contribution in [3.8, 4) is 22.3 Å². The van der Waals surface area contributed by atoms with Crippen LogP contribution in [0.3, 0.4) is 0 Å². The number of benzene rings is 16. The molecule has 0 radical (unpaired) electrons. The third-order valence-corrected chi connectivity index (χ3v) is 27.1. The largest absolute Gasteiger partial charge is 2.00 e. The third-order valence-electron chi connectivity index (χ3n) is 17.2. The molecule has 16 aromatic rings. The van der Waals surface area contributed by atoms with Crippen LogP contribution in [0.25, 0.3) is 65.3 Å². The molecule has 0 amide bonds. The smallest absolute Gasteiger partial charge is 1.00 e. The maximum atomic E-state index is 2.75. The molecule has 0 bridgehead atoms. The zero-order valence-electron chi connectivity index (χ0n) is 55.9. The van der Waals surface area contributed by atoms with Gasteiger partial charge in [-0.25, -0.2) is 0 Å². The summed E-state index contributed by atoms with van der Waals surface area (Å²) in [4.78, 5) is 0. The predicted octanol–water partition coefficient (Wildman–Crippen LogP) is 6.62. The van der Waals surface area contributed by atoms with Crippen molar-refractivity contribution in [2.24, 2.45) is 0 Å². The Labute approximate surface area is 663 Å². The number of nitrogens with one attached hydrogen (secondary N) is 1. The van der Waals surface area contributed by atoms with Gasteiger partial charge in [0.25, 0.3) is 0 Å². The number of rotatable bonds is 14. The summed E-state index contributed by atoms with van der Waals surface area (Å²) < 4.78 is 0. The van der Waals surface area contributed by atoms with Crippen LogP contribution in [0.4, 0.5) is 0 Å². The molecule has 16 rings (SSSR count). The van der Waals surface area contributed by atoms with E-state index in [0.717, 1.165) is 0 Å². The second kappa shape index (κ2) is 40.3. The molecule has 0 aliphatic heterocycles. The van der Waals surface area contributed by atoms with Gasteiger partial charge in [0.15, 0.2) is 0 Å². The Balaban J connectivity index is 0.000000258. The van der Waals surface area contributed by atoms with E-state index >= 15 is 0 Å².